The smallest absolute Gasteiger partial charge is 0.255 e. The van der Waals surface area contributed by atoms with Crippen LogP contribution in [0.5, 0.6) is 5.75 Å². The van der Waals surface area contributed by atoms with E-state index in [0.29, 0.717) is 23.4 Å². The third-order valence-electron chi connectivity index (χ3n) is 3.49. The number of nitrogens with one attached hydrogen (secondary N) is 2. The van der Waals surface area contributed by atoms with Crippen LogP contribution in [0.2, 0.25) is 0 Å². The van der Waals surface area contributed by atoms with E-state index in [1.54, 1.807) is 24.3 Å². The molecule has 0 unspecified atom stereocenters. The number of hydrogen-bond acceptors (Lipinski definition) is 3. The average Bonchev–Trinajstić information content (AvgIpc) is 2.87. The predicted octanol–water partition coefficient (Wildman–Crippen LogP) is 3.22. The molecular formula is C18H18N2O3. The Morgan fingerprint density at radius 2 is 2.00 bits per heavy atom. The summed E-state index contributed by atoms with van der Waals surface area (Å²) in [5, 5.41) is 5.62. The van der Waals surface area contributed by atoms with Crippen molar-refractivity contribution in [3.05, 3.63) is 53.6 Å². The second-order valence-corrected chi connectivity index (χ2v) is 5.71. The zero-order valence-corrected chi connectivity index (χ0v) is 13.1. The van der Waals surface area contributed by atoms with Crippen LogP contribution < -0.4 is 15.4 Å². The molecule has 0 saturated heterocycles. The van der Waals surface area contributed by atoms with Gasteiger partial charge in [-0.05, 0) is 49.7 Å². The Morgan fingerprint density at radius 3 is 2.78 bits per heavy atom. The number of anilines is 2. The van der Waals surface area contributed by atoms with E-state index >= 15 is 0 Å². The van der Waals surface area contributed by atoms with Gasteiger partial charge in [0.15, 0.2) is 0 Å². The molecule has 0 aliphatic carbocycles. The SMILES string of the molecule is CC(C)Oc1ccccc1NC(=O)c1ccc2c(c1)CC(=O)N2. The Bertz CT molecular complexity index is 769. The number of hydrogen-bond donors (Lipinski definition) is 2. The molecule has 0 fully saturated rings. The number of para-hydroxylation sites is 2. The van der Waals surface area contributed by atoms with Crippen LogP contribution >= 0.6 is 0 Å². The summed E-state index contributed by atoms with van der Waals surface area (Å²) in [7, 11) is 0. The van der Waals surface area contributed by atoms with Crippen molar-refractivity contribution in [2.45, 2.75) is 26.4 Å². The minimum atomic E-state index is -0.230. The van der Waals surface area contributed by atoms with Crippen molar-refractivity contribution in [2.24, 2.45) is 0 Å². The molecular weight excluding hydrogens is 292 g/mol. The maximum Gasteiger partial charge on any atom is 0.255 e. The van der Waals surface area contributed by atoms with Crippen LogP contribution in [0.25, 0.3) is 0 Å². The first-order valence-electron chi connectivity index (χ1n) is 7.53. The van der Waals surface area contributed by atoms with Crippen molar-refractivity contribution < 1.29 is 14.3 Å². The number of carbonyl (C=O) groups is 2. The summed E-state index contributed by atoms with van der Waals surface area (Å²) in [6.45, 7) is 3.87. The highest BCUT2D eigenvalue weighted by Gasteiger charge is 2.19. The number of fused-ring (bicyclic) bond motifs is 1. The molecule has 1 aliphatic rings. The summed E-state index contributed by atoms with van der Waals surface area (Å²) in [5.41, 5.74) is 2.75. The number of carbonyl (C=O) groups excluding carboxylic acids is 2. The van der Waals surface area contributed by atoms with Crippen molar-refractivity contribution in [3.8, 4) is 5.75 Å². The predicted molar refractivity (Wildman–Crippen MR) is 88.9 cm³/mol. The highest BCUT2D eigenvalue weighted by molar-refractivity contribution is 6.07. The van der Waals surface area contributed by atoms with Crippen LogP contribution in [-0.2, 0) is 11.2 Å². The molecule has 0 radical (unpaired) electrons. The highest BCUT2D eigenvalue weighted by Crippen LogP contribution is 2.27. The number of rotatable bonds is 4. The van der Waals surface area contributed by atoms with Crippen molar-refractivity contribution >= 4 is 23.2 Å². The van der Waals surface area contributed by atoms with Crippen LogP contribution in [0.4, 0.5) is 11.4 Å². The molecule has 0 aromatic heterocycles. The van der Waals surface area contributed by atoms with Crippen LogP contribution in [-0.4, -0.2) is 17.9 Å². The number of ether oxygens (including phenoxy) is 1. The molecule has 5 heteroatoms. The lowest BCUT2D eigenvalue weighted by atomic mass is 10.1. The van der Waals surface area contributed by atoms with Gasteiger partial charge in [-0.15, -0.1) is 0 Å². The van der Waals surface area contributed by atoms with Gasteiger partial charge in [-0.3, -0.25) is 9.59 Å². The van der Waals surface area contributed by atoms with Crippen molar-refractivity contribution in [3.63, 3.8) is 0 Å². The zero-order valence-electron chi connectivity index (χ0n) is 13.1. The molecule has 3 rings (SSSR count). The topological polar surface area (TPSA) is 67.4 Å². The summed E-state index contributed by atoms with van der Waals surface area (Å²) in [6, 6.07) is 12.5. The molecule has 0 atom stereocenters. The number of benzene rings is 2. The minimum absolute atomic E-state index is 0.0186. The Balaban J connectivity index is 1.80. The van der Waals surface area contributed by atoms with Gasteiger partial charge in [0.2, 0.25) is 5.91 Å². The van der Waals surface area contributed by atoms with Crippen LogP contribution in [0.3, 0.4) is 0 Å². The van der Waals surface area contributed by atoms with Crippen molar-refractivity contribution in [1.29, 1.82) is 0 Å². The van der Waals surface area contributed by atoms with Gasteiger partial charge in [0, 0.05) is 11.3 Å². The van der Waals surface area contributed by atoms with Crippen LogP contribution in [0.15, 0.2) is 42.5 Å². The van der Waals surface area contributed by atoms with Crippen molar-refractivity contribution in [1.82, 2.24) is 0 Å². The Labute approximate surface area is 134 Å². The molecule has 2 aromatic rings. The zero-order chi connectivity index (χ0) is 16.4. The molecule has 1 aliphatic heterocycles. The van der Waals surface area contributed by atoms with Crippen LogP contribution in [0.1, 0.15) is 29.8 Å². The van der Waals surface area contributed by atoms with Gasteiger partial charge in [-0.1, -0.05) is 12.1 Å². The van der Waals surface area contributed by atoms with E-state index in [1.165, 1.54) is 0 Å². The first-order chi connectivity index (χ1) is 11.0. The lowest BCUT2D eigenvalue weighted by Crippen LogP contribution is -2.14. The van der Waals surface area contributed by atoms with E-state index in [4.69, 9.17) is 4.74 Å². The van der Waals surface area contributed by atoms with Crippen LogP contribution in [0, 0.1) is 0 Å². The van der Waals surface area contributed by atoms with E-state index in [0.717, 1.165) is 11.3 Å². The largest absolute Gasteiger partial charge is 0.489 e. The molecule has 0 saturated carbocycles. The van der Waals surface area contributed by atoms with Gasteiger partial charge in [-0.2, -0.15) is 0 Å². The Morgan fingerprint density at radius 1 is 1.22 bits per heavy atom. The fourth-order valence-corrected chi connectivity index (χ4v) is 2.49. The Hall–Kier alpha value is -2.82. The van der Waals surface area contributed by atoms with Gasteiger partial charge in [0.05, 0.1) is 18.2 Å². The standard InChI is InChI=1S/C18H18N2O3/c1-11(2)23-16-6-4-3-5-15(16)20-18(22)12-7-8-14-13(9-12)10-17(21)19-14/h3-9,11H,10H2,1-2H3,(H,19,21)(H,20,22). The maximum atomic E-state index is 12.5. The van der Waals surface area contributed by atoms with Gasteiger partial charge in [0.25, 0.3) is 5.91 Å². The van der Waals surface area contributed by atoms with Gasteiger partial charge < -0.3 is 15.4 Å². The minimum Gasteiger partial charge on any atom is -0.489 e. The summed E-state index contributed by atoms with van der Waals surface area (Å²) < 4.78 is 5.70. The molecule has 2 N–H and O–H groups in total. The molecule has 5 nitrogen and oxygen atoms in total. The lowest BCUT2D eigenvalue weighted by Gasteiger charge is -2.15. The maximum absolute atomic E-state index is 12.5. The molecule has 2 aromatic carbocycles. The average molecular weight is 310 g/mol. The third-order valence-corrected chi connectivity index (χ3v) is 3.49. The van der Waals surface area contributed by atoms with Gasteiger partial charge >= 0.3 is 0 Å². The molecule has 1 heterocycles. The van der Waals surface area contributed by atoms with E-state index in [2.05, 4.69) is 10.6 Å². The third kappa shape index (κ3) is 3.34. The normalized spacial score (nSPS) is 12.7. The summed E-state index contributed by atoms with van der Waals surface area (Å²) in [4.78, 5) is 23.9. The first kappa shape index (κ1) is 15.1. The molecule has 2 amide bonds. The molecule has 0 bridgehead atoms. The summed E-state index contributed by atoms with van der Waals surface area (Å²) >= 11 is 0. The highest BCUT2D eigenvalue weighted by atomic mass is 16.5. The second-order valence-electron chi connectivity index (χ2n) is 5.71. The van der Waals surface area contributed by atoms with E-state index in [-0.39, 0.29) is 17.9 Å². The molecule has 23 heavy (non-hydrogen) atoms. The first-order valence-corrected chi connectivity index (χ1v) is 7.53. The Kier molecular flexibility index (Phi) is 4.02. The monoisotopic (exact) mass is 310 g/mol. The lowest BCUT2D eigenvalue weighted by molar-refractivity contribution is -0.115. The van der Waals surface area contributed by atoms with E-state index < -0.39 is 0 Å². The fourth-order valence-electron chi connectivity index (χ4n) is 2.49. The fraction of sp³-hybridized carbons (Fsp3) is 0.222. The van der Waals surface area contributed by atoms with Gasteiger partial charge in [-0.25, -0.2) is 0 Å². The quantitative estimate of drug-likeness (QED) is 0.911. The molecule has 118 valence electrons. The van der Waals surface area contributed by atoms with E-state index in [9.17, 15) is 9.59 Å². The van der Waals surface area contributed by atoms with Gasteiger partial charge in [0.1, 0.15) is 5.75 Å². The second kappa shape index (κ2) is 6.12. The summed E-state index contributed by atoms with van der Waals surface area (Å²) in [6.07, 6.45) is 0.328. The van der Waals surface area contributed by atoms with Crippen molar-refractivity contribution in [2.75, 3.05) is 10.6 Å². The van der Waals surface area contributed by atoms with E-state index in [1.807, 2.05) is 32.0 Å². The number of amides is 2. The molecule has 0 spiro atoms. The summed E-state index contributed by atoms with van der Waals surface area (Å²) in [5.74, 6) is 0.356.